The summed E-state index contributed by atoms with van der Waals surface area (Å²) in [7, 11) is 0. The van der Waals surface area contributed by atoms with E-state index in [1.54, 1.807) is 42.5 Å². The van der Waals surface area contributed by atoms with Gasteiger partial charge >= 0.3 is 11.7 Å². The molecule has 0 heterocycles. The van der Waals surface area contributed by atoms with E-state index in [0.717, 1.165) is 5.56 Å². The number of hydrogen-bond acceptors (Lipinski definition) is 4. The fourth-order valence-corrected chi connectivity index (χ4v) is 4.96. The molecule has 0 aromatic heterocycles. The Morgan fingerprint density at radius 2 is 1.59 bits per heavy atom. The van der Waals surface area contributed by atoms with Crippen molar-refractivity contribution in [1.82, 2.24) is 0 Å². The third-order valence-electron chi connectivity index (χ3n) is 7.03. The van der Waals surface area contributed by atoms with Crippen molar-refractivity contribution in [3.8, 4) is 22.6 Å². The first kappa shape index (κ1) is 25.9. The second-order valence-electron chi connectivity index (χ2n) is 9.58. The number of carbonyl (C=O) groups is 1. The number of nitrogens with zero attached hydrogens (tertiary/aromatic N) is 1. The Bertz CT molecular complexity index is 1540. The van der Waals surface area contributed by atoms with E-state index >= 15 is 0 Å². The molecule has 196 valence electrons. The fraction of sp³-hybridized carbons (Fsp3) is 0.156. The number of carboxylic acids is 1. The molecule has 0 amide bonds. The van der Waals surface area contributed by atoms with Gasteiger partial charge in [0.2, 0.25) is 5.75 Å². The van der Waals surface area contributed by atoms with Crippen molar-refractivity contribution in [1.29, 1.82) is 0 Å². The van der Waals surface area contributed by atoms with Crippen molar-refractivity contribution in [2.45, 2.75) is 31.6 Å². The van der Waals surface area contributed by atoms with Gasteiger partial charge in [-0.2, -0.15) is 0 Å². The van der Waals surface area contributed by atoms with Gasteiger partial charge < -0.3 is 9.84 Å². The molecule has 0 atom stereocenters. The molecule has 0 aliphatic heterocycles. The number of carboxylic acid groups (broad SMARTS) is 1. The molecule has 1 aliphatic rings. The van der Waals surface area contributed by atoms with Gasteiger partial charge in [-0.05, 0) is 89.0 Å². The van der Waals surface area contributed by atoms with Crippen LogP contribution in [-0.4, -0.2) is 16.0 Å². The number of aromatic carboxylic acids is 1. The number of halogens is 1. The van der Waals surface area contributed by atoms with E-state index in [0.29, 0.717) is 28.4 Å². The molecular formula is C32H26FNO5. The second-order valence-corrected chi connectivity index (χ2v) is 9.58. The molecule has 1 aliphatic carbocycles. The second kappa shape index (κ2) is 11.3. The van der Waals surface area contributed by atoms with Crippen molar-refractivity contribution in [3.63, 3.8) is 0 Å². The molecule has 4 aromatic rings. The SMILES string of the molecule is O=C(O)c1ccc(-c2ccc(F)cc2)cc1/C=C/c1ccc(Oc2ccc(C3CCCC3)cc2)c([N+](=O)[O-])c1. The zero-order chi connectivity index (χ0) is 27.4. The summed E-state index contributed by atoms with van der Waals surface area (Å²) in [5, 5.41) is 21.5. The molecule has 5 rings (SSSR count). The van der Waals surface area contributed by atoms with Crippen LogP contribution in [0.25, 0.3) is 23.3 Å². The largest absolute Gasteiger partial charge is 0.478 e. The first-order valence-electron chi connectivity index (χ1n) is 12.7. The average Bonchev–Trinajstić information content (AvgIpc) is 3.48. The summed E-state index contributed by atoms with van der Waals surface area (Å²) >= 11 is 0. The Morgan fingerprint density at radius 1 is 0.897 bits per heavy atom. The summed E-state index contributed by atoms with van der Waals surface area (Å²) in [5.74, 6) is -0.259. The van der Waals surface area contributed by atoms with Crippen LogP contribution in [0, 0.1) is 15.9 Å². The van der Waals surface area contributed by atoms with Crippen LogP contribution in [0.5, 0.6) is 11.5 Å². The summed E-state index contributed by atoms with van der Waals surface area (Å²) in [5.41, 5.74) is 3.51. The molecule has 0 saturated heterocycles. The zero-order valence-electron chi connectivity index (χ0n) is 21.0. The summed E-state index contributed by atoms with van der Waals surface area (Å²) < 4.78 is 19.2. The van der Waals surface area contributed by atoms with Gasteiger partial charge in [-0.3, -0.25) is 10.1 Å². The van der Waals surface area contributed by atoms with Crippen LogP contribution in [0.1, 0.15) is 58.6 Å². The maximum absolute atomic E-state index is 13.3. The van der Waals surface area contributed by atoms with Gasteiger partial charge in [0.05, 0.1) is 10.5 Å². The van der Waals surface area contributed by atoms with Gasteiger partial charge in [0, 0.05) is 6.07 Å². The first-order chi connectivity index (χ1) is 18.9. The Hall–Kier alpha value is -4.78. The smallest absolute Gasteiger partial charge is 0.336 e. The number of hydrogen-bond donors (Lipinski definition) is 1. The van der Waals surface area contributed by atoms with Crippen molar-refractivity contribution < 1.29 is 24.0 Å². The minimum Gasteiger partial charge on any atom is -0.478 e. The number of ether oxygens (including phenoxy) is 1. The summed E-state index contributed by atoms with van der Waals surface area (Å²) in [4.78, 5) is 23.1. The number of nitro benzene ring substituents is 1. The zero-order valence-corrected chi connectivity index (χ0v) is 21.0. The lowest BCUT2D eigenvalue weighted by Crippen LogP contribution is -1.99. The topological polar surface area (TPSA) is 89.7 Å². The van der Waals surface area contributed by atoms with E-state index < -0.39 is 10.9 Å². The van der Waals surface area contributed by atoms with Gasteiger partial charge in [0.25, 0.3) is 0 Å². The molecule has 0 spiro atoms. The van der Waals surface area contributed by atoms with Crippen LogP contribution in [-0.2, 0) is 0 Å². The highest BCUT2D eigenvalue weighted by Gasteiger charge is 2.19. The average molecular weight is 524 g/mol. The van der Waals surface area contributed by atoms with E-state index in [1.807, 2.05) is 24.3 Å². The number of benzene rings is 4. The van der Waals surface area contributed by atoms with Gasteiger partial charge in [0.15, 0.2) is 0 Å². The van der Waals surface area contributed by atoms with Crippen LogP contribution < -0.4 is 4.74 Å². The van der Waals surface area contributed by atoms with Crippen molar-refractivity contribution >= 4 is 23.8 Å². The minimum absolute atomic E-state index is 0.0765. The maximum Gasteiger partial charge on any atom is 0.336 e. The molecule has 0 unspecified atom stereocenters. The molecule has 0 bridgehead atoms. The van der Waals surface area contributed by atoms with Crippen molar-refractivity contribution in [2.24, 2.45) is 0 Å². The molecule has 1 fully saturated rings. The highest BCUT2D eigenvalue weighted by atomic mass is 19.1. The molecule has 4 aromatic carbocycles. The van der Waals surface area contributed by atoms with Crippen LogP contribution >= 0.6 is 0 Å². The Balaban J connectivity index is 1.39. The lowest BCUT2D eigenvalue weighted by atomic mass is 9.98. The van der Waals surface area contributed by atoms with E-state index in [-0.39, 0.29) is 22.8 Å². The molecule has 39 heavy (non-hydrogen) atoms. The summed E-state index contributed by atoms with van der Waals surface area (Å²) in [6.07, 6.45) is 8.07. The molecule has 1 N–H and O–H groups in total. The third-order valence-corrected chi connectivity index (χ3v) is 7.03. The molecule has 1 saturated carbocycles. The highest BCUT2D eigenvalue weighted by molar-refractivity contribution is 5.94. The predicted molar refractivity (Wildman–Crippen MR) is 149 cm³/mol. The quantitative estimate of drug-likeness (QED) is 0.142. The van der Waals surface area contributed by atoms with Crippen molar-refractivity contribution in [2.75, 3.05) is 0 Å². The van der Waals surface area contributed by atoms with Crippen molar-refractivity contribution in [3.05, 3.63) is 123 Å². The Kier molecular flexibility index (Phi) is 7.50. The van der Waals surface area contributed by atoms with E-state index in [4.69, 9.17) is 4.74 Å². The lowest BCUT2D eigenvalue weighted by Gasteiger charge is -2.11. The highest BCUT2D eigenvalue weighted by Crippen LogP contribution is 2.37. The molecule has 7 heteroatoms. The van der Waals surface area contributed by atoms with Gasteiger partial charge in [-0.25, -0.2) is 9.18 Å². The monoisotopic (exact) mass is 523 g/mol. The first-order valence-corrected chi connectivity index (χ1v) is 12.7. The maximum atomic E-state index is 13.3. The standard InChI is InChI=1S/C32H26FNO5/c33-27-13-8-24(9-14-27)25-12-17-29(32(35)36)26(20-25)7-5-21-6-18-31(30(19-21)34(37)38)39-28-15-10-23(11-16-28)22-3-1-2-4-22/h5-20,22H,1-4H2,(H,35,36)/b7-5+. The molecule has 0 radical (unpaired) electrons. The van der Waals surface area contributed by atoms with Crippen LogP contribution in [0.15, 0.2) is 84.9 Å². The number of rotatable bonds is 8. The minimum atomic E-state index is -1.10. The predicted octanol–water partition coefficient (Wildman–Crippen LogP) is 8.72. The third kappa shape index (κ3) is 6.04. The molecular weight excluding hydrogens is 497 g/mol. The van der Waals surface area contributed by atoms with E-state index in [2.05, 4.69) is 0 Å². The van der Waals surface area contributed by atoms with Gasteiger partial charge in [-0.15, -0.1) is 0 Å². The van der Waals surface area contributed by atoms with E-state index in [9.17, 15) is 24.4 Å². The summed E-state index contributed by atoms with van der Waals surface area (Å²) in [6.45, 7) is 0. The van der Waals surface area contributed by atoms with Crippen LogP contribution in [0.4, 0.5) is 10.1 Å². The van der Waals surface area contributed by atoms with Crippen LogP contribution in [0.3, 0.4) is 0 Å². The Morgan fingerprint density at radius 3 is 2.26 bits per heavy atom. The van der Waals surface area contributed by atoms with Gasteiger partial charge in [0.1, 0.15) is 11.6 Å². The summed E-state index contributed by atoms with van der Waals surface area (Å²) in [6, 6.07) is 23.1. The fourth-order valence-electron chi connectivity index (χ4n) is 4.96. The Labute approximate surface area is 225 Å². The lowest BCUT2D eigenvalue weighted by molar-refractivity contribution is -0.385. The van der Waals surface area contributed by atoms with Gasteiger partial charge in [-0.1, -0.05) is 61.4 Å². The van der Waals surface area contributed by atoms with Crippen LogP contribution in [0.2, 0.25) is 0 Å². The number of nitro groups is 1. The normalized spacial score (nSPS) is 13.6. The molecule has 6 nitrogen and oxygen atoms in total. The van der Waals surface area contributed by atoms with E-state index in [1.165, 1.54) is 61.6 Å².